The van der Waals surface area contributed by atoms with Crippen LogP contribution in [0.25, 0.3) is 0 Å². The molecule has 4 aliphatic carbocycles. The first-order valence-corrected chi connectivity index (χ1v) is 22.1. The zero-order valence-electron chi connectivity index (χ0n) is 34.5. The van der Waals surface area contributed by atoms with Crippen LogP contribution in [0, 0.1) is 40.4 Å². The molecule has 5 aliphatic rings. The van der Waals surface area contributed by atoms with Gasteiger partial charge in [-0.2, -0.15) is 0 Å². The van der Waals surface area contributed by atoms with Gasteiger partial charge >= 0.3 is 0 Å². The van der Waals surface area contributed by atoms with Crippen molar-refractivity contribution in [1.29, 1.82) is 0 Å². The van der Waals surface area contributed by atoms with Crippen LogP contribution in [0.15, 0.2) is 66.7 Å². The fourth-order valence-electron chi connectivity index (χ4n) is 9.81. The summed E-state index contributed by atoms with van der Waals surface area (Å²) in [6, 6.07) is 22.4. The van der Waals surface area contributed by atoms with E-state index in [1.54, 1.807) is 50.7 Å². The first kappa shape index (κ1) is 44.5. The largest absolute Gasteiger partial charge is 0.297 e. The van der Waals surface area contributed by atoms with Gasteiger partial charge in [0.2, 0.25) is 0 Å². The third-order valence-electron chi connectivity index (χ3n) is 13.0. The minimum absolute atomic E-state index is 0.382. The van der Waals surface area contributed by atoms with Gasteiger partial charge in [-0.05, 0) is 177 Å². The predicted molar refractivity (Wildman–Crippen MR) is 235 cm³/mol. The molecular weight excluding hydrogens is 732 g/mol. The maximum Gasteiger partial charge on any atom is 0.0424 e. The summed E-state index contributed by atoms with van der Waals surface area (Å²) in [6.45, 7) is 25.2. The van der Waals surface area contributed by atoms with Gasteiger partial charge in [0.05, 0.1) is 0 Å². The molecule has 4 bridgehead atoms. The topological polar surface area (TPSA) is 3.24 Å². The fraction of sp³-hybridized carbons (Fsp3) is 0.625. The average Bonchev–Trinajstić information content (AvgIpc) is 3.07. The van der Waals surface area contributed by atoms with Crippen LogP contribution < -0.4 is 0 Å². The average molecular weight is 802 g/mol. The van der Waals surface area contributed by atoms with E-state index in [1.165, 1.54) is 29.5 Å². The third-order valence-corrected chi connectivity index (χ3v) is 13.9. The molecule has 1 nitrogen and oxygen atoms in total. The van der Waals surface area contributed by atoms with Crippen LogP contribution in [0.4, 0.5) is 0 Å². The van der Waals surface area contributed by atoms with Crippen LogP contribution in [0.3, 0.4) is 0 Å². The number of hydrogen-bond acceptors (Lipinski definition) is 1. The molecule has 0 amide bonds. The minimum atomic E-state index is 0.382. The number of likely N-dealkylation sites (tertiary alicyclic amines) is 1. The van der Waals surface area contributed by atoms with E-state index in [-0.39, 0.29) is 0 Å². The monoisotopic (exact) mass is 799 g/mol. The van der Waals surface area contributed by atoms with Crippen molar-refractivity contribution in [3.63, 3.8) is 0 Å². The van der Waals surface area contributed by atoms with E-state index in [4.69, 9.17) is 46.4 Å². The number of benzene rings is 3. The van der Waals surface area contributed by atoms with Crippen molar-refractivity contribution in [2.75, 3.05) is 13.1 Å². The lowest BCUT2D eigenvalue weighted by Crippen LogP contribution is -2.48. The molecule has 1 heterocycles. The second-order valence-corrected chi connectivity index (χ2v) is 20.7. The standard InChI is InChI=1S/C17H25Cl2N.C13H22.C9H10Cl2.C9H12/c1-12(13-9-15(18)11-16(19)10-13)20-7-5-14(6-8-20)17(2,3)4;1-9(2)13-6-10-3-11(7-13)5-12(4-10)8-13;1-6(2)7-3-8(10)5-9(11)4-7;1-8(2)9-6-4-3-5-7-9/h9-12,14H,5-8H2,1-4H3;9-12H,3-8H2,1-2H3;3-6H,1-2H3;3-8H,1-2H3/t12-;;;/m0.../s1. The molecule has 8 rings (SSSR count). The van der Waals surface area contributed by atoms with Gasteiger partial charge in [0.25, 0.3) is 0 Å². The summed E-state index contributed by atoms with van der Waals surface area (Å²) < 4.78 is 0. The summed E-state index contributed by atoms with van der Waals surface area (Å²) >= 11 is 23.8. The lowest BCUT2D eigenvalue weighted by molar-refractivity contribution is -0.0789. The molecule has 53 heavy (non-hydrogen) atoms. The molecular formula is C48H69Cl4N. The highest BCUT2D eigenvalue weighted by Crippen LogP contribution is 2.62. The van der Waals surface area contributed by atoms with Crippen LogP contribution in [-0.2, 0) is 0 Å². The summed E-state index contributed by atoms with van der Waals surface area (Å²) in [6.07, 6.45) is 12.1. The summed E-state index contributed by atoms with van der Waals surface area (Å²) in [5.74, 6) is 6.31. The highest BCUT2D eigenvalue weighted by Gasteiger charge is 2.51. The van der Waals surface area contributed by atoms with Crippen LogP contribution in [0.2, 0.25) is 20.1 Å². The van der Waals surface area contributed by atoms with Gasteiger partial charge < -0.3 is 0 Å². The number of piperidine rings is 1. The van der Waals surface area contributed by atoms with Crippen molar-refractivity contribution < 1.29 is 0 Å². The molecule has 4 saturated carbocycles. The second kappa shape index (κ2) is 19.8. The Morgan fingerprint density at radius 2 is 0.962 bits per heavy atom. The first-order valence-electron chi connectivity index (χ1n) is 20.6. The van der Waals surface area contributed by atoms with Crippen molar-refractivity contribution >= 4 is 46.4 Å². The summed E-state index contributed by atoms with van der Waals surface area (Å²) in [4.78, 5) is 2.55. The molecule has 1 aliphatic heterocycles. The van der Waals surface area contributed by atoms with Gasteiger partial charge in [-0.15, -0.1) is 0 Å². The van der Waals surface area contributed by atoms with Crippen LogP contribution in [0.5, 0.6) is 0 Å². The molecule has 0 radical (unpaired) electrons. The normalized spacial score (nSPS) is 24.6. The Balaban J connectivity index is 0.000000166. The van der Waals surface area contributed by atoms with E-state index in [0.717, 1.165) is 58.1 Å². The molecule has 294 valence electrons. The Bertz CT molecular complexity index is 1470. The Hall–Kier alpha value is -1.22. The second-order valence-electron chi connectivity index (χ2n) is 18.9. The fourth-order valence-corrected chi connectivity index (χ4v) is 10.9. The predicted octanol–water partition coefficient (Wildman–Crippen LogP) is 16.6. The zero-order valence-corrected chi connectivity index (χ0v) is 37.5. The first-order chi connectivity index (χ1) is 24.8. The maximum atomic E-state index is 6.11. The molecule has 1 atom stereocenters. The quantitative estimate of drug-likeness (QED) is 0.248. The van der Waals surface area contributed by atoms with Gasteiger partial charge in [-0.3, -0.25) is 4.90 Å². The van der Waals surface area contributed by atoms with E-state index < -0.39 is 0 Å². The molecule has 1 saturated heterocycles. The van der Waals surface area contributed by atoms with Crippen molar-refractivity contribution in [1.82, 2.24) is 4.90 Å². The van der Waals surface area contributed by atoms with E-state index in [2.05, 4.69) is 98.4 Å². The maximum absolute atomic E-state index is 6.11. The highest BCUT2D eigenvalue weighted by molar-refractivity contribution is 6.35. The molecule has 0 unspecified atom stereocenters. The highest BCUT2D eigenvalue weighted by atomic mass is 35.5. The van der Waals surface area contributed by atoms with Crippen molar-refractivity contribution in [2.24, 2.45) is 40.4 Å². The molecule has 0 N–H and O–H groups in total. The molecule has 5 fully saturated rings. The smallest absolute Gasteiger partial charge is 0.0424 e. The van der Waals surface area contributed by atoms with E-state index in [0.29, 0.717) is 33.3 Å². The van der Waals surface area contributed by atoms with Crippen molar-refractivity contribution in [3.8, 4) is 0 Å². The SMILES string of the molecule is CC(C)C12CC3CC(CC(C3)C1)C2.CC(C)c1cc(Cl)cc(Cl)c1.CC(C)c1ccccc1.C[C@@H](c1cc(Cl)cc(Cl)c1)N1CCC(C(C)(C)C)CC1. The van der Waals surface area contributed by atoms with Gasteiger partial charge in [0.15, 0.2) is 0 Å². The van der Waals surface area contributed by atoms with Crippen LogP contribution in [-0.4, -0.2) is 18.0 Å². The van der Waals surface area contributed by atoms with Crippen molar-refractivity contribution in [3.05, 3.63) is 104 Å². The Labute approximate surface area is 344 Å². The third kappa shape index (κ3) is 13.2. The van der Waals surface area contributed by atoms with Gasteiger partial charge in [0, 0.05) is 26.1 Å². The molecule has 5 heteroatoms. The number of nitrogens with zero attached hydrogens (tertiary/aromatic N) is 1. The number of rotatable bonds is 5. The van der Waals surface area contributed by atoms with Crippen LogP contribution in [0.1, 0.15) is 155 Å². The summed E-state index contributed by atoms with van der Waals surface area (Å²) in [5.41, 5.74) is 5.04. The van der Waals surface area contributed by atoms with E-state index in [1.807, 2.05) is 30.3 Å². The Kier molecular flexibility index (Phi) is 16.6. The van der Waals surface area contributed by atoms with Crippen LogP contribution >= 0.6 is 46.4 Å². The number of halogens is 4. The van der Waals surface area contributed by atoms with Gasteiger partial charge in [0.1, 0.15) is 0 Å². The zero-order chi connectivity index (χ0) is 39.1. The molecule has 3 aromatic rings. The van der Waals surface area contributed by atoms with E-state index in [9.17, 15) is 0 Å². The number of hydrogen-bond donors (Lipinski definition) is 0. The molecule has 0 spiro atoms. The van der Waals surface area contributed by atoms with E-state index >= 15 is 0 Å². The summed E-state index contributed by atoms with van der Waals surface area (Å²) in [5, 5.41) is 2.87. The minimum Gasteiger partial charge on any atom is -0.297 e. The lowest BCUT2D eigenvalue weighted by atomic mass is 9.47. The Morgan fingerprint density at radius 1 is 0.566 bits per heavy atom. The van der Waals surface area contributed by atoms with Crippen molar-refractivity contribution in [2.45, 2.75) is 138 Å². The molecule has 0 aromatic heterocycles. The van der Waals surface area contributed by atoms with Gasteiger partial charge in [-0.25, -0.2) is 0 Å². The molecule has 3 aromatic carbocycles. The summed E-state index contributed by atoms with van der Waals surface area (Å²) in [7, 11) is 0. The van der Waals surface area contributed by atoms with Gasteiger partial charge in [-0.1, -0.05) is 139 Å². The Morgan fingerprint density at radius 3 is 1.30 bits per heavy atom. The lowest BCUT2D eigenvalue weighted by Gasteiger charge is -2.58.